The summed E-state index contributed by atoms with van der Waals surface area (Å²) < 4.78 is 5.85. The summed E-state index contributed by atoms with van der Waals surface area (Å²) in [6.07, 6.45) is 0. The first-order valence-corrected chi connectivity index (χ1v) is 7.41. The number of thiazole rings is 1. The predicted octanol–water partition coefficient (Wildman–Crippen LogP) is 3.45. The number of nitrogens with zero attached hydrogens (tertiary/aromatic N) is 1. The van der Waals surface area contributed by atoms with Gasteiger partial charge in [-0.25, -0.2) is 4.98 Å². The molecule has 19 heavy (non-hydrogen) atoms. The van der Waals surface area contributed by atoms with Crippen LogP contribution in [0.3, 0.4) is 0 Å². The van der Waals surface area contributed by atoms with Crippen molar-refractivity contribution in [3.05, 3.63) is 45.4 Å². The second-order valence-corrected chi connectivity index (χ2v) is 5.44. The minimum atomic E-state index is 0.543. The van der Waals surface area contributed by atoms with Crippen LogP contribution in [0.1, 0.15) is 28.8 Å². The van der Waals surface area contributed by atoms with Gasteiger partial charge >= 0.3 is 0 Å². The largest absolute Gasteiger partial charge is 0.486 e. The zero-order chi connectivity index (χ0) is 13.7. The molecule has 1 N–H and O–H groups in total. The van der Waals surface area contributed by atoms with Crippen LogP contribution < -0.4 is 10.1 Å². The molecule has 0 aliphatic carbocycles. The highest BCUT2D eigenvalue weighted by atomic mass is 32.1. The number of aromatic nitrogens is 1. The Labute approximate surface area is 118 Å². The lowest BCUT2D eigenvalue weighted by molar-refractivity contribution is 0.303. The number of aryl methyl sites for hydroxylation is 1. The van der Waals surface area contributed by atoms with Crippen molar-refractivity contribution in [2.45, 2.75) is 33.9 Å². The minimum Gasteiger partial charge on any atom is -0.486 e. The van der Waals surface area contributed by atoms with Crippen LogP contribution >= 0.6 is 11.3 Å². The Bertz CT molecular complexity index is 537. The molecule has 2 aromatic rings. The predicted molar refractivity (Wildman–Crippen MR) is 79.7 cm³/mol. The normalized spacial score (nSPS) is 10.7. The summed E-state index contributed by atoms with van der Waals surface area (Å²) in [7, 11) is 0. The van der Waals surface area contributed by atoms with Crippen molar-refractivity contribution in [2.75, 3.05) is 6.54 Å². The molecule has 1 heterocycles. The van der Waals surface area contributed by atoms with Gasteiger partial charge in [-0.1, -0.05) is 19.1 Å². The van der Waals surface area contributed by atoms with E-state index in [1.54, 1.807) is 11.3 Å². The zero-order valence-electron chi connectivity index (χ0n) is 11.7. The molecule has 0 aliphatic heterocycles. The summed E-state index contributed by atoms with van der Waals surface area (Å²) in [6.45, 7) is 8.61. The topological polar surface area (TPSA) is 34.1 Å². The van der Waals surface area contributed by atoms with E-state index in [9.17, 15) is 0 Å². The lowest BCUT2D eigenvalue weighted by Crippen LogP contribution is -2.12. The number of hydrogen-bond acceptors (Lipinski definition) is 4. The van der Waals surface area contributed by atoms with Gasteiger partial charge in [-0.2, -0.15) is 0 Å². The first kappa shape index (κ1) is 14.0. The lowest BCUT2D eigenvalue weighted by atomic mass is 10.1. The summed E-state index contributed by atoms with van der Waals surface area (Å²) in [4.78, 5) is 4.55. The van der Waals surface area contributed by atoms with Gasteiger partial charge in [-0.3, -0.25) is 0 Å². The van der Waals surface area contributed by atoms with Crippen molar-refractivity contribution in [1.82, 2.24) is 10.3 Å². The Balaban J connectivity index is 1.95. The highest BCUT2D eigenvalue weighted by Gasteiger charge is 2.05. The number of nitrogens with one attached hydrogen (secondary N) is 1. The minimum absolute atomic E-state index is 0.543. The molecule has 1 aromatic carbocycles. The van der Waals surface area contributed by atoms with E-state index in [-0.39, 0.29) is 0 Å². The molecule has 0 saturated carbocycles. The first-order chi connectivity index (χ1) is 9.20. The van der Waals surface area contributed by atoms with E-state index < -0.39 is 0 Å². The van der Waals surface area contributed by atoms with Gasteiger partial charge in [-0.05, 0) is 37.6 Å². The maximum atomic E-state index is 5.85. The maximum Gasteiger partial charge on any atom is 0.140 e. The van der Waals surface area contributed by atoms with E-state index in [0.717, 1.165) is 29.5 Å². The van der Waals surface area contributed by atoms with Crippen molar-refractivity contribution in [1.29, 1.82) is 0 Å². The maximum absolute atomic E-state index is 5.85. The third-order valence-corrected chi connectivity index (χ3v) is 3.93. The summed E-state index contributed by atoms with van der Waals surface area (Å²) in [6, 6.07) is 6.13. The molecule has 3 nitrogen and oxygen atoms in total. The summed E-state index contributed by atoms with van der Waals surface area (Å²) in [5.41, 5.74) is 3.54. The van der Waals surface area contributed by atoms with Gasteiger partial charge in [0, 0.05) is 11.9 Å². The Kier molecular flexibility index (Phi) is 4.93. The number of hydrogen-bond donors (Lipinski definition) is 1. The quantitative estimate of drug-likeness (QED) is 0.877. The van der Waals surface area contributed by atoms with Crippen LogP contribution in [0.25, 0.3) is 0 Å². The number of rotatable bonds is 6. The van der Waals surface area contributed by atoms with E-state index in [0.29, 0.717) is 6.61 Å². The highest BCUT2D eigenvalue weighted by molar-refractivity contribution is 7.09. The van der Waals surface area contributed by atoms with Gasteiger partial charge in [0.25, 0.3) is 0 Å². The van der Waals surface area contributed by atoms with Crippen molar-refractivity contribution in [2.24, 2.45) is 0 Å². The number of benzene rings is 1. The molecule has 0 bridgehead atoms. The van der Waals surface area contributed by atoms with Crippen molar-refractivity contribution in [3.63, 3.8) is 0 Å². The molecule has 2 rings (SSSR count). The lowest BCUT2D eigenvalue weighted by Gasteiger charge is -2.09. The molecule has 4 heteroatoms. The third kappa shape index (κ3) is 3.78. The standard InChI is InChI=1S/C15H20N2OS/c1-4-16-8-13-10-19-15(17-13)9-18-14-7-5-6-11(2)12(14)3/h5-7,10,16H,4,8-9H2,1-3H3. The fourth-order valence-electron chi connectivity index (χ4n) is 1.77. The molecule has 102 valence electrons. The van der Waals surface area contributed by atoms with Crippen LogP contribution in [0.15, 0.2) is 23.6 Å². The SMILES string of the molecule is CCNCc1csc(COc2cccc(C)c2C)n1. The average molecular weight is 276 g/mol. The second-order valence-electron chi connectivity index (χ2n) is 4.50. The third-order valence-electron chi connectivity index (χ3n) is 3.06. The van der Waals surface area contributed by atoms with Gasteiger partial charge in [0.2, 0.25) is 0 Å². The van der Waals surface area contributed by atoms with E-state index in [1.807, 2.05) is 12.1 Å². The molecular formula is C15H20N2OS. The average Bonchev–Trinajstić information content (AvgIpc) is 2.86. The van der Waals surface area contributed by atoms with E-state index in [1.165, 1.54) is 11.1 Å². The van der Waals surface area contributed by atoms with Crippen LogP contribution in [-0.4, -0.2) is 11.5 Å². The summed E-state index contributed by atoms with van der Waals surface area (Å²) in [5.74, 6) is 0.948. The Morgan fingerprint density at radius 1 is 1.32 bits per heavy atom. The van der Waals surface area contributed by atoms with Crippen LogP contribution in [0.5, 0.6) is 5.75 Å². The van der Waals surface area contributed by atoms with Crippen LogP contribution in [0.4, 0.5) is 0 Å². The van der Waals surface area contributed by atoms with Gasteiger partial charge in [0.15, 0.2) is 0 Å². The molecule has 0 aliphatic rings. The molecule has 0 fully saturated rings. The van der Waals surface area contributed by atoms with Crippen LogP contribution in [0, 0.1) is 13.8 Å². The highest BCUT2D eigenvalue weighted by Crippen LogP contribution is 2.22. The van der Waals surface area contributed by atoms with Crippen molar-refractivity contribution >= 4 is 11.3 Å². The molecule has 1 aromatic heterocycles. The fraction of sp³-hybridized carbons (Fsp3) is 0.400. The van der Waals surface area contributed by atoms with Gasteiger partial charge in [-0.15, -0.1) is 11.3 Å². The summed E-state index contributed by atoms with van der Waals surface area (Å²) in [5, 5.41) is 6.38. The zero-order valence-corrected chi connectivity index (χ0v) is 12.5. The second kappa shape index (κ2) is 6.68. The fourth-order valence-corrected chi connectivity index (χ4v) is 2.47. The van der Waals surface area contributed by atoms with Gasteiger partial charge in [0.05, 0.1) is 5.69 Å². The van der Waals surface area contributed by atoms with Crippen molar-refractivity contribution < 1.29 is 4.74 Å². The van der Waals surface area contributed by atoms with Gasteiger partial charge in [0.1, 0.15) is 17.4 Å². The van der Waals surface area contributed by atoms with E-state index in [2.05, 4.69) is 42.5 Å². The molecule has 0 amide bonds. The van der Waals surface area contributed by atoms with Crippen LogP contribution in [0.2, 0.25) is 0 Å². The Hall–Kier alpha value is -1.39. The molecule has 0 unspecified atom stereocenters. The molecule has 0 atom stereocenters. The van der Waals surface area contributed by atoms with E-state index in [4.69, 9.17) is 4.74 Å². The van der Waals surface area contributed by atoms with E-state index >= 15 is 0 Å². The number of ether oxygens (including phenoxy) is 1. The Morgan fingerprint density at radius 3 is 2.95 bits per heavy atom. The smallest absolute Gasteiger partial charge is 0.140 e. The van der Waals surface area contributed by atoms with Gasteiger partial charge < -0.3 is 10.1 Å². The molecule has 0 spiro atoms. The van der Waals surface area contributed by atoms with Crippen molar-refractivity contribution in [3.8, 4) is 5.75 Å². The summed E-state index contributed by atoms with van der Waals surface area (Å²) >= 11 is 1.65. The molecule has 0 saturated heterocycles. The first-order valence-electron chi connectivity index (χ1n) is 6.53. The van der Waals surface area contributed by atoms with Crippen LogP contribution in [-0.2, 0) is 13.2 Å². The molecule has 0 radical (unpaired) electrons. The Morgan fingerprint density at radius 2 is 2.16 bits per heavy atom. The molecular weight excluding hydrogens is 256 g/mol. The monoisotopic (exact) mass is 276 g/mol.